The number of carbonyl (C=O) groups excluding carboxylic acids is 1. The number of hydrogen-bond acceptors (Lipinski definition) is 6. The number of aliphatic hydroxyl groups is 1. The summed E-state index contributed by atoms with van der Waals surface area (Å²) in [7, 11) is 1.24. The highest BCUT2D eigenvalue weighted by Crippen LogP contribution is 2.28. The van der Waals surface area contributed by atoms with Gasteiger partial charge in [0, 0.05) is 24.3 Å². The first-order valence-corrected chi connectivity index (χ1v) is 6.34. The Hall–Kier alpha value is -2.19. The van der Waals surface area contributed by atoms with Gasteiger partial charge in [-0.25, -0.2) is 9.59 Å². The SMILES string of the molecule is COC(=O)C=C[C@H]1O[C@@H](n2cc(C)c(=O)[nH]c2=O)CC1O. The van der Waals surface area contributed by atoms with E-state index >= 15 is 0 Å². The minimum atomic E-state index is -0.866. The highest BCUT2D eigenvalue weighted by Gasteiger charge is 2.34. The molecule has 1 fully saturated rings. The molecule has 1 aliphatic rings. The number of ether oxygens (including phenoxy) is 2. The van der Waals surface area contributed by atoms with Gasteiger partial charge < -0.3 is 14.6 Å². The molecule has 0 aromatic carbocycles. The summed E-state index contributed by atoms with van der Waals surface area (Å²) in [5.74, 6) is -0.564. The fraction of sp³-hybridized carbons (Fsp3) is 0.462. The van der Waals surface area contributed by atoms with E-state index in [-0.39, 0.29) is 6.42 Å². The van der Waals surface area contributed by atoms with E-state index in [1.165, 1.54) is 23.9 Å². The Morgan fingerprint density at radius 3 is 2.95 bits per heavy atom. The highest BCUT2D eigenvalue weighted by molar-refractivity contribution is 5.81. The van der Waals surface area contributed by atoms with Crippen molar-refractivity contribution in [3.8, 4) is 0 Å². The number of esters is 1. The molecule has 1 saturated heterocycles. The molecule has 114 valence electrons. The maximum atomic E-state index is 11.8. The summed E-state index contributed by atoms with van der Waals surface area (Å²) in [5, 5.41) is 9.91. The van der Waals surface area contributed by atoms with Gasteiger partial charge in [0.1, 0.15) is 12.3 Å². The number of H-pyrrole nitrogens is 1. The Balaban J connectivity index is 2.20. The molecule has 21 heavy (non-hydrogen) atoms. The van der Waals surface area contributed by atoms with Crippen LogP contribution in [0, 0.1) is 6.92 Å². The molecule has 2 heterocycles. The Bertz CT molecular complexity index is 674. The molecule has 1 aromatic heterocycles. The summed E-state index contributed by atoms with van der Waals surface area (Å²) in [6, 6.07) is 0. The topological polar surface area (TPSA) is 111 Å². The van der Waals surface area contributed by atoms with Crippen LogP contribution in [0.25, 0.3) is 0 Å². The van der Waals surface area contributed by atoms with Gasteiger partial charge in [0.25, 0.3) is 5.56 Å². The molecule has 0 bridgehead atoms. The zero-order chi connectivity index (χ0) is 15.6. The standard InChI is InChI=1S/C13H16N2O6/c1-7-6-15(13(19)14-12(7)18)10-5-8(16)9(21-10)3-4-11(17)20-2/h3-4,6,8-10,16H,5H2,1-2H3,(H,14,18,19)/t8?,9-,10-/m1/s1. The summed E-state index contributed by atoms with van der Waals surface area (Å²) in [5.41, 5.74) is -0.710. The van der Waals surface area contributed by atoms with Crippen LogP contribution in [-0.4, -0.2) is 39.9 Å². The number of aromatic amines is 1. The van der Waals surface area contributed by atoms with Gasteiger partial charge in [0.15, 0.2) is 0 Å². The minimum absolute atomic E-state index is 0.168. The van der Waals surface area contributed by atoms with E-state index in [4.69, 9.17) is 4.74 Å². The quantitative estimate of drug-likeness (QED) is 0.559. The molecule has 1 aromatic rings. The van der Waals surface area contributed by atoms with E-state index in [9.17, 15) is 19.5 Å². The lowest BCUT2D eigenvalue weighted by atomic mass is 10.1. The van der Waals surface area contributed by atoms with E-state index in [0.29, 0.717) is 5.56 Å². The minimum Gasteiger partial charge on any atom is -0.466 e. The van der Waals surface area contributed by atoms with Crippen molar-refractivity contribution in [2.24, 2.45) is 0 Å². The van der Waals surface area contributed by atoms with Crippen molar-refractivity contribution < 1.29 is 19.4 Å². The van der Waals surface area contributed by atoms with Crippen LogP contribution in [0.4, 0.5) is 0 Å². The molecular formula is C13H16N2O6. The van der Waals surface area contributed by atoms with Gasteiger partial charge in [-0.1, -0.05) is 0 Å². The summed E-state index contributed by atoms with van der Waals surface area (Å²) < 4.78 is 11.2. The molecule has 1 aliphatic heterocycles. The lowest BCUT2D eigenvalue weighted by Crippen LogP contribution is -2.33. The zero-order valence-corrected chi connectivity index (χ0v) is 11.6. The molecule has 2 rings (SSSR count). The average Bonchev–Trinajstić information content (AvgIpc) is 2.81. The number of aryl methyl sites for hydroxylation is 1. The van der Waals surface area contributed by atoms with Crippen LogP contribution in [0.15, 0.2) is 27.9 Å². The molecule has 0 spiro atoms. The fourth-order valence-corrected chi connectivity index (χ4v) is 2.06. The van der Waals surface area contributed by atoms with Gasteiger partial charge in [-0.15, -0.1) is 0 Å². The van der Waals surface area contributed by atoms with E-state index < -0.39 is 35.7 Å². The molecule has 0 radical (unpaired) electrons. The number of hydrogen-bond donors (Lipinski definition) is 2. The zero-order valence-electron chi connectivity index (χ0n) is 11.6. The second-order valence-electron chi connectivity index (χ2n) is 4.72. The number of carbonyl (C=O) groups is 1. The van der Waals surface area contributed by atoms with Crippen LogP contribution >= 0.6 is 0 Å². The van der Waals surface area contributed by atoms with E-state index in [1.807, 2.05) is 0 Å². The molecule has 2 N–H and O–H groups in total. The smallest absolute Gasteiger partial charge is 0.330 e. The second-order valence-corrected chi connectivity index (χ2v) is 4.72. The first-order valence-electron chi connectivity index (χ1n) is 6.34. The lowest BCUT2D eigenvalue weighted by Gasteiger charge is -2.14. The van der Waals surface area contributed by atoms with Crippen LogP contribution in [0.3, 0.4) is 0 Å². The lowest BCUT2D eigenvalue weighted by molar-refractivity contribution is -0.134. The summed E-state index contributed by atoms with van der Waals surface area (Å²) in [6.07, 6.45) is 1.77. The van der Waals surface area contributed by atoms with Crippen molar-refractivity contribution in [1.82, 2.24) is 9.55 Å². The molecule has 1 unspecified atom stereocenters. The number of aliphatic hydroxyl groups excluding tert-OH is 1. The average molecular weight is 296 g/mol. The van der Waals surface area contributed by atoms with Crippen LogP contribution < -0.4 is 11.2 Å². The third kappa shape index (κ3) is 3.29. The number of nitrogens with one attached hydrogen (secondary N) is 1. The molecule has 8 heteroatoms. The van der Waals surface area contributed by atoms with Crippen LogP contribution in [-0.2, 0) is 14.3 Å². The predicted molar refractivity (Wildman–Crippen MR) is 71.7 cm³/mol. The summed E-state index contributed by atoms with van der Waals surface area (Å²) in [4.78, 5) is 36.3. The molecule has 0 saturated carbocycles. The third-order valence-corrected chi connectivity index (χ3v) is 3.22. The van der Waals surface area contributed by atoms with Gasteiger partial charge in [-0.2, -0.15) is 0 Å². The first-order chi connectivity index (χ1) is 9.92. The molecule has 0 amide bonds. The Labute approximate surface area is 119 Å². The fourth-order valence-electron chi connectivity index (χ4n) is 2.06. The van der Waals surface area contributed by atoms with Crippen molar-refractivity contribution in [3.63, 3.8) is 0 Å². The van der Waals surface area contributed by atoms with Gasteiger partial charge in [-0.3, -0.25) is 14.3 Å². The largest absolute Gasteiger partial charge is 0.466 e. The van der Waals surface area contributed by atoms with Crippen molar-refractivity contribution in [2.75, 3.05) is 7.11 Å². The van der Waals surface area contributed by atoms with Crippen molar-refractivity contribution in [2.45, 2.75) is 31.8 Å². The number of rotatable bonds is 3. The Morgan fingerprint density at radius 1 is 1.57 bits per heavy atom. The highest BCUT2D eigenvalue weighted by atomic mass is 16.5. The van der Waals surface area contributed by atoms with Crippen LogP contribution in [0.2, 0.25) is 0 Å². The van der Waals surface area contributed by atoms with Crippen LogP contribution in [0.1, 0.15) is 18.2 Å². The van der Waals surface area contributed by atoms with Gasteiger partial charge >= 0.3 is 11.7 Å². The molecule has 0 aliphatic carbocycles. The van der Waals surface area contributed by atoms with Crippen molar-refractivity contribution in [3.05, 3.63) is 44.8 Å². The summed E-state index contributed by atoms with van der Waals surface area (Å²) >= 11 is 0. The predicted octanol–water partition coefficient (Wildman–Crippen LogP) is -0.777. The number of nitrogens with zero attached hydrogens (tertiary/aromatic N) is 1. The summed E-state index contributed by atoms with van der Waals surface area (Å²) in [6.45, 7) is 1.56. The van der Waals surface area contributed by atoms with Gasteiger partial charge in [0.05, 0.1) is 13.2 Å². The van der Waals surface area contributed by atoms with Gasteiger partial charge in [0.2, 0.25) is 0 Å². The number of aromatic nitrogens is 2. The second kappa shape index (κ2) is 6.06. The van der Waals surface area contributed by atoms with Crippen molar-refractivity contribution >= 4 is 5.97 Å². The Kier molecular flexibility index (Phi) is 4.39. The molecular weight excluding hydrogens is 280 g/mol. The maximum Gasteiger partial charge on any atom is 0.330 e. The maximum absolute atomic E-state index is 11.8. The monoisotopic (exact) mass is 296 g/mol. The van der Waals surface area contributed by atoms with Gasteiger partial charge in [-0.05, 0) is 13.0 Å². The van der Waals surface area contributed by atoms with E-state index in [1.54, 1.807) is 6.92 Å². The van der Waals surface area contributed by atoms with Crippen molar-refractivity contribution in [1.29, 1.82) is 0 Å². The van der Waals surface area contributed by atoms with Crippen LogP contribution in [0.5, 0.6) is 0 Å². The number of methoxy groups -OCH3 is 1. The molecule has 3 atom stereocenters. The third-order valence-electron chi connectivity index (χ3n) is 3.22. The first kappa shape index (κ1) is 15.2. The normalized spacial score (nSPS) is 25.4. The molecule has 8 nitrogen and oxygen atoms in total. The Morgan fingerprint density at radius 2 is 2.29 bits per heavy atom. The van der Waals surface area contributed by atoms with E-state index in [2.05, 4.69) is 9.72 Å². The van der Waals surface area contributed by atoms with E-state index in [0.717, 1.165) is 6.08 Å².